The highest BCUT2D eigenvalue weighted by Crippen LogP contribution is 2.31. The predicted molar refractivity (Wildman–Crippen MR) is 66.7 cm³/mol. The molecule has 0 saturated heterocycles. The van der Waals surface area contributed by atoms with E-state index in [-0.39, 0.29) is 11.4 Å². The van der Waals surface area contributed by atoms with Gasteiger partial charge in [0.15, 0.2) is 0 Å². The Labute approximate surface area is 103 Å². The molecule has 0 radical (unpaired) electrons. The number of hydrogen-bond acceptors (Lipinski definition) is 6. The van der Waals surface area contributed by atoms with Crippen molar-refractivity contribution in [3.63, 3.8) is 0 Å². The van der Waals surface area contributed by atoms with Gasteiger partial charge in [-0.15, -0.1) is 0 Å². The lowest BCUT2D eigenvalue weighted by Crippen LogP contribution is -2.29. The SMILES string of the molecule is CCN(CCN)c1ccc([N+](=O)[O-])cc1[N+](=O)[O-]. The van der Waals surface area contributed by atoms with Gasteiger partial charge < -0.3 is 10.6 Å². The van der Waals surface area contributed by atoms with Gasteiger partial charge in [-0.3, -0.25) is 20.2 Å². The molecule has 0 bridgehead atoms. The Hall–Kier alpha value is -2.22. The summed E-state index contributed by atoms with van der Waals surface area (Å²) in [5.74, 6) is 0. The van der Waals surface area contributed by atoms with Gasteiger partial charge in [0, 0.05) is 25.7 Å². The van der Waals surface area contributed by atoms with E-state index in [0.29, 0.717) is 25.3 Å². The standard InChI is InChI=1S/C10H14N4O4/c1-2-12(6-5-11)9-4-3-8(13(15)16)7-10(9)14(17)18/h3-4,7H,2,5-6,11H2,1H3. The van der Waals surface area contributed by atoms with E-state index >= 15 is 0 Å². The minimum atomic E-state index is -0.657. The number of nitrogens with zero attached hydrogens (tertiary/aromatic N) is 3. The largest absolute Gasteiger partial charge is 0.365 e. The molecule has 1 aromatic carbocycles. The maximum absolute atomic E-state index is 10.9. The van der Waals surface area contributed by atoms with Crippen molar-refractivity contribution in [2.24, 2.45) is 5.73 Å². The Kier molecular flexibility index (Phi) is 4.55. The molecule has 0 heterocycles. The highest BCUT2D eigenvalue weighted by molar-refractivity contribution is 5.66. The van der Waals surface area contributed by atoms with Crippen molar-refractivity contribution in [1.29, 1.82) is 0 Å². The summed E-state index contributed by atoms with van der Waals surface area (Å²) in [6.45, 7) is 3.17. The summed E-state index contributed by atoms with van der Waals surface area (Å²) in [6, 6.07) is 3.60. The van der Waals surface area contributed by atoms with E-state index < -0.39 is 9.85 Å². The number of anilines is 1. The molecule has 8 heteroatoms. The Bertz CT molecular complexity index is 463. The van der Waals surface area contributed by atoms with Gasteiger partial charge >= 0.3 is 0 Å². The first-order valence-corrected chi connectivity index (χ1v) is 5.39. The van der Waals surface area contributed by atoms with E-state index in [1.165, 1.54) is 12.1 Å². The fourth-order valence-electron chi connectivity index (χ4n) is 1.64. The van der Waals surface area contributed by atoms with Crippen LogP contribution in [0.3, 0.4) is 0 Å². The smallest absolute Gasteiger partial charge is 0.299 e. The van der Waals surface area contributed by atoms with Crippen LogP contribution >= 0.6 is 0 Å². The molecule has 0 aliphatic carbocycles. The van der Waals surface area contributed by atoms with Crippen LogP contribution in [0.1, 0.15) is 6.92 Å². The molecule has 0 amide bonds. The Balaban J connectivity index is 3.26. The van der Waals surface area contributed by atoms with E-state index in [2.05, 4.69) is 0 Å². The van der Waals surface area contributed by atoms with Crippen LogP contribution in [0.2, 0.25) is 0 Å². The maximum atomic E-state index is 10.9. The number of nitro benzene ring substituents is 2. The summed E-state index contributed by atoms with van der Waals surface area (Å²) in [5, 5.41) is 21.5. The molecule has 0 fully saturated rings. The van der Waals surface area contributed by atoms with Crippen molar-refractivity contribution in [3.8, 4) is 0 Å². The van der Waals surface area contributed by atoms with Gasteiger partial charge in [-0.2, -0.15) is 0 Å². The summed E-state index contributed by atoms with van der Waals surface area (Å²) in [7, 11) is 0. The fourth-order valence-corrected chi connectivity index (χ4v) is 1.64. The van der Waals surface area contributed by atoms with E-state index in [4.69, 9.17) is 5.73 Å². The number of benzene rings is 1. The van der Waals surface area contributed by atoms with Crippen molar-refractivity contribution < 1.29 is 9.85 Å². The molecule has 8 nitrogen and oxygen atoms in total. The normalized spacial score (nSPS) is 10.1. The predicted octanol–water partition coefficient (Wildman–Crippen LogP) is 1.29. The first-order chi connectivity index (χ1) is 8.51. The monoisotopic (exact) mass is 254 g/mol. The Morgan fingerprint density at radius 1 is 1.28 bits per heavy atom. The molecule has 1 aromatic rings. The van der Waals surface area contributed by atoms with E-state index in [0.717, 1.165) is 6.07 Å². The molecule has 0 atom stereocenters. The highest BCUT2D eigenvalue weighted by Gasteiger charge is 2.22. The third-order valence-corrected chi connectivity index (χ3v) is 2.49. The van der Waals surface area contributed by atoms with Crippen molar-refractivity contribution in [2.45, 2.75) is 6.92 Å². The van der Waals surface area contributed by atoms with Crippen LogP contribution < -0.4 is 10.6 Å². The van der Waals surface area contributed by atoms with Gasteiger partial charge in [0.2, 0.25) is 0 Å². The summed E-state index contributed by atoms with van der Waals surface area (Å²) >= 11 is 0. The summed E-state index contributed by atoms with van der Waals surface area (Å²) in [4.78, 5) is 22.0. The average Bonchev–Trinajstić information content (AvgIpc) is 2.35. The molecule has 98 valence electrons. The lowest BCUT2D eigenvalue weighted by atomic mass is 10.2. The number of hydrogen-bond donors (Lipinski definition) is 1. The molecule has 18 heavy (non-hydrogen) atoms. The second-order valence-electron chi connectivity index (χ2n) is 3.56. The van der Waals surface area contributed by atoms with Gasteiger partial charge in [-0.05, 0) is 13.0 Å². The average molecular weight is 254 g/mol. The van der Waals surface area contributed by atoms with E-state index in [1.54, 1.807) is 4.90 Å². The van der Waals surface area contributed by atoms with E-state index in [1.807, 2.05) is 6.92 Å². The van der Waals surface area contributed by atoms with Crippen molar-refractivity contribution in [2.75, 3.05) is 24.5 Å². The quantitative estimate of drug-likeness (QED) is 0.604. The minimum absolute atomic E-state index is 0.278. The van der Waals surface area contributed by atoms with Crippen molar-refractivity contribution in [3.05, 3.63) is 38.4 Å². The second-order valence-corrected chi connectivity index (χ2v) is 3.56. The lowest BCUT2D eigenvalue weighted by Gasteiger charge is -2.21. The highest BCUT2D eigenvalue weighted by atomic mass is 16.6. The van der Waals surface area contributed by atoms with Crippen molar-refractivity contribution in [1.82, 2.24) is 0 Å². The van der Waals surface area contributed by atoms with Crippen LogP contribution in [0, 0.1) is 20.2 Å². The Morgan fingerprint density at radius 3 is 2.39 bits per heavy atom. The molecule has 2 N–H and O–H groups in total. The van der Waals surface area contributed by atoms with Gasteiger partial charge in [0.05, 0.1) is 15.9 Å². The molecule has 0 saturated carbocycles. The first kappa shape index (κ1) is 13.8. The van der Waals surface area contributed by atoms with Crippen LogP contribution in [0.15, 0.2) is 18.2 Å². The van der Waals surface area contributed by atoms with Gasteiger partial charge in [-0.25, -0.2) is 0 Å². The zero-order chi connectivity index (χ0) is 13.7. The molecular formula is C10H14N4O4. The number of likely N-dealkylation sites (N-methyl/N-ethyl adjacent to an activating group) is 1. The Morgan fingerprint density at radius 2 is 1.94 bits per heavy atom. The lowest BCUT2D eigenvalue weighted by molar-refractivity contribution is -0.393. The molecule has 1 rings (SSSR count). The zero-order valence-electron chi connectivity index (χ0n) is 9.91. The summed E-state index contributed by atoms with van der Waals surface area (Å²) in [6.07, 6.45) is 0. The maximum Gasteiger partial charge on any atom is 0.299 e. The minimum Gasteiger partial charge on any atom is -0.365 e. The summed E-state index contributed by atoms with van der Waals surface area (Å²) < 4.78 is 0. The molecule has 0 aromatic heterocycles. The number of rotatable bonds is 6. The number of non-ortho nitro benzene ring substituents is 1. The third kappa shape index (κ3) is 2.92. The third-order valence-electron chi connectivity index (χ3n) is 2.49. The second kappa shape index (κ2) is 5.92. The van der Waals surface area contributed by atoms with Gasteiger partial charge in [0.25, 0.3) is 11.4 Å². The van der Waals surface area contributed by atoms with E-state index in [9.17, 15) is 20.2 Å². The molecule has 0 aliphatic rings. The molecule has 0 aliphatic heterocycles. The van der Waals surface area contributed by atoms with Crippen LogP contribution in [-0.2, 0) is 0 Å². The van der Waals surface area contributed by atoms with Gasteiger partial charge in [0.1, 0.15) is 5.69 Å². The molecule has 0 spiro atoms. The van der Waals surface area contributed by atoms with Crippen LogP contribution in [0.5, 0.6) is 0 Å². The van der Waals surface area contributed by atoms with Crippen molar-refractivity contribution >= 4 is 17.1 Å². The first-order valence-electron chi connectivity index (χ1n) is 5.39. The summed E-state index contributed by atoms with van der Waals surface area (Å²) in [5.41, 5.74) is 5.20. The van der Waals surface area contributed by atoms with Crippen LogP contribution in [0.25, 0.3) is 0 Å². The van der Waals surface area contributed by atoms with Crippen LogP contribution in [-0.4, -0.2) is 29.5 Å². The fraction of sp³-hybridized carbons (Fsp3) is 0.400. The number of nitrogens with two attached hydrogens (primary N) is 1. The number of nitro groups is 2. The van der Waals surface area contributed by atoms with Crippen LogP contribution in [0.4, 0.5) is 17.1 Å². The van der Waals surface area contributed by atoms with Gasteiger partial charge in [-0.1, -0.05) is 0 Å². The molecule has 0 unspecified atom stereocenters. The zero-order valence-corrected chi connectivity index (χ0v) is 9.91. The molecular weight excluding hydrogens is 240 g/mol. The topological polar surface area (TPSA) is 116 Å².